The molecule has 0 radical (unpaired) electrons. The van der Waals surface area contributed by atoms with Crippen LogP contribution >= 0.6 is 0 Å². The molecule has 0 bridgehead atoms. The van der Waals surface area contributed by atoms with Gasteiger partial charge in [-0.3, -0.25) is 4.79 Å². The average Bonchev–Trinajstić information content (AvgIpc) is 2.67. The van der Waals surface area contributed by atoms with Crippen LogP contribution < -0.4 is 5.32 Å². The number of aliphatic carboxylic acids is 1. The summed E-state index contributed by atoms with van der Waals surface area (Å²) in [6, 6.07) is 3.47. The molecular weight excluding hydrogens is 210 g/mol. The van der Waals surface area contributed by atoms with Crippen LogP contribution in [0.1, 0.15) is 12.7 Å². The van der Waals surface area contributed by atoms with E-state index in [1.165, 1.54) is 0 Å². The summed E-state index contributed by atoms with van der Waals surface area (Å²) in [5.41, 5.74) is 0. The van der Waals surface area contributed by atoms with Crippen molar-refractivity contribution in [3.05, 3.63) is 36.3 Å². The molecule has 5 heteroatoms. The van der Waals surface area contributed by atoms with Gasteiger partial charge in [-0.05, 0) is 19.1 Å². The molecule has 1 unspecified atom stereocenters. The second-order valence-electron chi connectivity index (χ2n) is 3.36. The van der Waals surface area contributed by atoms with Gasteiger partial charge in [-0.25, -0.2) is 4.79 Å². The molecule has 1 amide bonds. The highest BCUT2D eigenvalue weighted by molar-refractivity contribution is 5.93. The number of carbonyl (C=O) groups is 2. The molecule has 1 atom stereocenters. The number of furan rings is 1. The third kappa shape index (κ3) is 4.45. The van der Waals surface area contributed by atoms with Crippen LogP contribution in [0.2, 0.25) is 0 Å². The van der Waals surface area contributed by atoms with Crippen LogP contribution in [0, 0.1) is 0 Å². The molecule has 0 fully saturated rings. The zero-order chi connectivity index (χ0) is 12.0. The standard InChI is InChI=1S/C11H13NO4/c1-8(7-9-3-2-6-16-9)12-10(13)4-5-11(14)15/h2-6,8H,7H2,1H3,(H,12,13)(H,14,15)/b5-4+. The Balaban J connectivity index is 2.37. The minimum absolute atomic E-state index is 0.114. The molecule has 16 heavy (non-hydrogen) atoms. The quantitative estimate of drug-likeness (QED) is 0.729. The molecule has 5 nitrogen and oxygen atoms in total. The molecule has 0 aliphatic rings. The summed E-state index contributed by atoms with van der Waals surface area (Å²) >= 11 is 0. The third-order valence-corrected chi connectivity index (χ3v) is 1.85. The minimum Gasteiger partial charge on any atom is -0.478 e. The van der Waals surface area contributed by atoms with Gasteiger partial charge in [-0.2, -0.15) is 0 Å². The van der Waals surface area contributed by atoms with Gasteiger partial charge in [-0.15, -0.1) is 0 Å². The van der Waals surface area contributed by atoms with Crippen molar-refractivity contribution in [3.8, 4) is 0 Å². The number of carboxylic acids is 1. The van der Waals surface area contributed by atoms with Crippen LogP contribution in [0.25, 0.3) is 0 Å². The van der Waals surface area contributed by atoms with Gasteiger partial charge in [0.05, 0.1) is 6.26 Å². The maximum Gasteiger partial charge on any atom is 0.328 e. The van der Waals surface area contributed by atoms with Crippen molar-refractivity contribution in [1.82, 2.24) is 5.32 Å². The molecular formula is C11H13NO4. The normalized spacial score (nSPS) is 12.6. The summed E-state index contributed by atoms with van der Waals surface area (Å²) < 4.78 is 5.12. The van der Waals surface area contributed by atoms with E-state index in [1.54, 1.807) is 12.3 Å². The van der Waals surface area contributed by atoms with E-state index in [9.17, 15) is 9.59 Å². The van der Waals surface area contributed by atoms with E-state index in [0.29, 0.717) is 6.42 Å². The lowest BCUT2D eigenvalue weighted by Gasteiger charge is -2.10. The predicted octanol–water partition coefficient (Wildman–Crippen LogP) is 0.968. The van der Waals surface area contributed by atoms with Gasteiger partial charge in [0.1, 0.15) is 5.76 Å². The third-order valence-electron chi connectivity index (χ3n) is 1.85. The lowest BCUT2D eigenvalue weighted by molar-refractivity contribution is -0.131. The lowest BCUT2D eigenvalue weighted by atomic mass is 10.2. The highest BCUT2D eigenvalue weighted by atomic mass is 16.4. The van der Waals surface area contributed by atoms with Gasteiger partial charge in [0.15, 0.2) is 0 Å². The molecule has 2 N–H and O–H groups in total. The smallest absolute Gasteiger partial charge is 0.328 e. The summed E-state index contributed by atoms with van der Waals surface area (Å²) in [6.07, 6.45) is 3.92. The van der Waals surface area contributed by atoms with E-state index < -0.39 is 11.9 Å². The Kier molecular flexibility index (Phi) is 4.32. The largest absolute Gasteiger partial charge is 0.478 e. The summed E-state index contributed by atoms with van der Waals surface area (Å²) in [4.78, 5) is 21.4. The zero-order valence-corrected chi connectivity index (χ0v) is 8.84. The van der Waals surface area contributed by atoms with Crippen molar-refractivity contribution in [3.63, 3.8) is 0 Å². The molecule has 1 rings (SSSR count). The number of amides is 1. The Labute approximate surface area is 92.8 Å². The number of carbonyl (C=O) groups excluding carboxylic acids is 1. The Morgan fingerprint density at radius 1 is 1.56 bits per heavy atom. The topological polar surface area (TPSA) is 79.5 Å². The predicted molar refractivity (Wildman–Crippen MR) is 56.8 cm³/mol. The van der Waals surface area contributed by atoms with Gasteiger partial charge in [0, 0.05) is 24.6 Å². The van der Waals surface area contributed by atoms with E-state index in [0.717, 1.165) is 17.9 Å². The monoisotopic (exact) mass is 223 g/mol. The maximum atomic E-state index is 11.2. The van der Waals surface area contributed by atoms with Crippen molar-refractivity contribution in [1.29, 1.82) is 0 Å². The highest BCUT2D eigenvalue weighted by Gasteiger charge is 2.07. The minimum atomic E-state index is -1.14. The first-order chi connectivity index (χ1) is 7.58. The molecule has 0 aliphatic carbocycles. The molecule has 1 aromatic rings. The Morgan fingerprint density at radius 3 is 2.88 bits per heavy atom. The first kappa shape index (κ1) is 12.0. The molecule has 1 heterocycles. The SMILES string of the molecule is CC(Cc1ccco1)NC(=O)/C=C/C(=O)O. The van der Waals surface area contributed by atoms with Gasteiger partial charge in [0.2, 0.25) is 5.91 Å². The first-order valence-electron chi connectivity index (χ1n) is 4.82. The van der Waals surface area contributed by atoms with Crippen molar-refractivity contribution >= 4 is 11.9 Å². The van der Waals surface area contributed by atoms with Gasteiger partial charge < -0.3 is 14.8 Å². The van der Waals surface area contributed by atoms with Crippen LogP contribution in [0.4, 0.5) is 0 Å². The molecule has 0 spiro atoms. The summed E-state index contributed by atoms with van der Waals surface area (Å²) in [5.74, 6) is -0.801. The highest BCUT2D eigenvalue weighted by Crippen LogP contribution is 2.03. The van der Waals surface area contributed by atoms with E-state index >= 15 is 0 Å². The fourth-order valence-electron chi connectivity index (χ4n) is 1.22. The van der Waals surface area contributed by atoms with E-state index in [2.05, 4.69) is 5.32 Å². The number of nitrogens with one attached hydrogen (secondary N) is 1. The Hall–Kier alpha value is -2.04. The number of hydrogen-bond donors (Lipinski definition) is 2. The first-order valence-corrected chi connectivity index (χ1v) is 4.82. The van der Waals surface area contributed by atoms with Gasteiger partial charge >= 0.3 is 5.97 Å². The zero-order valence-electron chi connectivity index (χ0n) is 8.84. The Bertz CT molecular complexity index is 381. The summed E-state index contributed by atoms with van der Waals surface area (Å²) in [6.45, 7) is 1.81. The van der Waals surface area contributed by atoms with Crippen LogP contribution in [0.5, 0.6) is 0 Å². The van der Waals surface area contributed by atoms with Gasteiger partial charge in [0.25, 0.3) is 0 Å². The second kappa shape index (κ2) is 5.75. The van der Waals surface area contributed by atoms with E-state index in [-0.39, 0.29) is 6.04 Å². The molecule has 1 aromatic heterocycles. The average molecular weight is 223 g/mol. The van der Waals surface area contributed by atoms with Crippen molar-refractivity contribution in [2.45, 2.75) is 19.4 Å². The number of hydrogen-bond acceptors (Lipinski definition) is 3. The fraction of sp³-hybridized carbons (Fsp3) is 0.273. The van der Waals surface area contributed by atoms with Crippen LogP contribution in [-0.4, -0.2) is 23.0 Å². The fourth-order valence-corrected chi connectivity index (χ4v) is 1.22. The number of rotatable bonds is 5. The van der Waals surface area contributed by atoms with Gasteiger partial charge in [-0.1, -0.05) is 0 Å². The second-order valence-corrected chi connectivity index (χ2v) is 3.36. The number of carboxylic acid groups (broad SMARTS) is 1. The molecule has 86 valence electrons. The van der Waals surface area contributed by atoms with E-state index in [4.69, 9.17) is 9.52 Å². The molecule has 0 aromatic carbocycles. The maximum absolute atomic E-state index is 11.2. The Morgan fingerprint density at radius 2 is 2.31 bits per heavy atom. The summed E-state index contributed by atoms with van der Waals surface area (Å²) in [5, 5.41) is 10.9. The van der Waals surface area contributed by atoms with Crippen molar-refractivity contribution in [2.75, 3.05) is 0 Å². The van der Waals surface area contributed by atoms with Crippen LogP contribution in [0.3, 0.4) is 0 Å². The molecule has 0 saturated carbocycles. The lowest BCUT2D eigenvalue weighted by Crippen LogP contribution is -2.32. The molecule has 0 aliphatic heterocycles. The van der Waals surface area contributed by atoms with Crippen molar-refractivity contribution < 1.29 is 19.1 Å². The van der Waals surface area contributed by atoms with E-state index in [1.807, 2.05) is 13.0 Å². The van der Waals surface area contributed by atoms with Crippen LogP contribution in [-0.2, 0) is 16.0 Å². The summed E-state index contributed by atoms with van der Waals surface area (Å²) in [7, 11) is 0. The van der Waals surface area contributed by atoms with Crippen molar-refractivity contribution in [2.24, 2.45) is 0 Å². The molecule has 0 saturated heterocycles. The van der Waals surface area contributed by atoms with Crippen LogP contribution in [0.15, 0.2) is 35.0 Å².